The van der Waals surface area contributed by atoms with E-state index in [1.165, 1.54) is 35.1 Å². The molecule has 3 nitrogen and oxygen atoms in total. The normalized spacial score (nSPS) is 15.7. The van der Waals surface area contributed by atoms with E-state index in [1.54, 1.807) is 14.2 Å². The molecule has 1 aliphatic heterocycles. The van der Waals surface area contributed by atoms with Crippen LogP contribution in [0.2, 0.25) is 0 Å². The maximum absolute atomic E-state index is 5.75. The van der Waals surface area contributed by atoms with Crippen LogP contribution in [0.3, 0.4) is 0 Å². The highest BCUT2D eigenvalue weighted by atomic mass is 16.5. The second-order valence-electron chi connectivity index (χ2n) is 8.21. The number of hydrogen-bond acceptors (Lipinski definition) is 3. The lowest BCUT2D eigenvalue weighted by atomic mass is 9.94. The van der Waals surface area contributed by atoms with E-state index in [9.17, 15) is 0 Å². The van der Waals surface area contributed by atoms with Gasteiger partial charge in [-0.25, -0.2) is 0 Å². The lowest BCUT2D eigenvalue weighted by Crippen LogP contribution is -2.19. The lowest BCUT2D eigenvalue weighted by molar-refractivity contribution is 0.309. The van der Waals surface area contributed by atoms with Crippen molar-refractivity contribution in [1.82, 2.24) is 4.90 Å². The van der Waals surface area contributed by atoms with Gasteiger partial charge in [-0.3, -0.25) is 4.90 Å². The number of likely N-dealkylation sites (tertiary alicyclic amines) is 1. The van der Waals surface area contributed by atoms with Gasteiger partial charge in [0.15, 0.2) is 0 Å². The van der Waals surface area contributed by atoms with Crippen molar-refractivity contribution < 1.29 is 9.47 Å². The molecule has 2 aromatic rings. The maximum Gasteiger partial charge on any atom is 0.127 e. The van der Waals surface area contributed by atoms with Gasteiger partial charge >= 0.3 is 0 Å². The van der Waals surface area contributed by atoms with Gasteiger partial charge in [0, 0.05) is 6.54 Å². The molecule has 1 saturated heterocycles. The van der Waals surface area contributed by atoms with E-state index < -0.39 is 0 Å². The topological polar surface area (TPSA) is 21.7 Å². The number of rotatable bonds is 9. The zero-order valence-corrected chi connectivity index (χ0v) is 19.9. The quantitative estimate of drug-likeness (QED) is 0.404. The van der Waals surface area contributed by atoms with Crippen molar-refractivity contribution in [3.05, 3.63) is 95.1 Å². The first-order valence-electron chi connectivity index (χ1n) is 11.3. The molecule has 168 valence electrons. The van der Waals surface area contributed by atoms with Gasteiger partial charge in [0.1, 0.15) is 11.5 Å². The minimum absolute atomic E-state index is 0.862. The average Bonchev–Trinajstić information content (AvgIpc) is 3.34. The van der Waals surface area contributed by atoms with Gasteiger partial charge in [0.25, 0.3) is 0 Å². The van der Waals surface area contributed by atoms with Crippen LogP contribution in [0.1, 0.15) is 43.4 Å². The van der Waals surface area contributed by atoms with E-state index in [2.05, 4.69) is 80.0 Å². The Kier molecular flexibility index (Phi) is 8.52. The Morgan fingerprint density at radius 3 is 2.19 bits per heavy atom. The fraction of sp³-hybridized carbons (Fsp3) is 0.310. The van der Waals surface area contributed by atoms with Crippen LogP contribution in [0.25, 0.3) is 11.6 Å². The lowest BCUT2D eigenvalue weighted by Gasteiger charge is -2.20. The largest absolute Gasteiger partial charge is 0.496 e. The summed E-state index contributed by atoms with van der Waals surface area (Å²) in [7, 11) is 3.47. The summed E-state index contributed by atoms with van der Waals surface area (Å²) in [5, 5.41) is 0. The number of hydrogen-bond donors (Lipinski definition) is 0. The van der Waals surface area contributed by atoms with Crippen LogP contribution in [0.4, 0.5) is 0 Å². The van der Waals surface area contributed by atoms with Gasteiger partial charge in [0.05, 0.1) is 19.8 Å². The Balaban J connectivity index is 1.90. The fourth-order valence-electron chi connectivity index (χ4n) is 4.15. The van der Waals surface area contributed by atoms with Gasteiger partial charge in [0.2, 0.25) is 0 Å². The van der Waals surface area contributed by atoms with E-state index in [-0.39, 0.29) is 0 Å². The summed E-state index contributed by atoms with van der Waals surface area (Å²) in [6, 6.07) is 14.6. The second kappa shape index (κ2) is 11.5. The Bertz CT molecular complexity index is 984. The number of benzene rings is 2. The predicted octanol–water partition coefficient (Wildman–Crippen LogP) is 6.92. The van der Waals surface area contributed by atoms with Gasteiger partial charge in [-0.15, -0.1) is 0 Å². The van der Waals surface area contributed by atoms with E-state index in [1.807, 2.05) is 12.1 Å². The highest BCUT2D eigenvalue weighted by Gasteiger charge is 2.18. The zero-order valence-electron chi connectivity index (χ0n) is 19.9. The highest BCUT2D eigenvalue weighted by molar-refractivity contribution is 5.81. The van der Waals surface area contributed by atoms with Crippen molar-refractivity contribution >= 4 is 11.6 Å². The Morgan fingerprint density at radius 2 is 1.62 bits per heavy atom. The molecule has 1 aliphatic rings. The van der Waals surface area contributed by atoms with Gasteiger partial charge in [-0.1, -0.05) is 61.2 Å². The third kappa shape index (κ3) is 5.80. The van der Waals surface area contributed by atoms with Gasteiger partial charge in [-0.2, -0.15) is 0 Å². The number of methoxy groups -OCH3 is 2. The Labute approximate surface area is 193 Å². The van der Waals surface area contributed by atoms with Crippen LogP contribution in [0.15, 0.2) is 78.4 Å². The van der Waals surface area contributed by atoms with Crippen molar-refractivity contribution in [3.63, 3.8) is 0 Å². The summed E-state index contributed by atoms with van der Waals surface area (Å²) in [6.45, 7) is 11.3. The van der Waals surface area contributed by atoms with Crippen LogP contribution in [-0.4, -0.2) is 32.2 Å². The Hall–Kier alpha value is -3.04. The molecule has 0 spiro atoms. The Morgan fingerprint density at radius 1 is 1.00 bits per heavy atom. The molecule has 0 amide bonds. The molecule has 0 aliphatic carbocycles. The summed E-state index contributed by atoms with van der Waals surface area (Å²) in [6.07, 6.45) is 10.7. The maximum atomic E-state index is 5.75. The monoisotopic (exact) mass is 429 g/mol. The third-order valence-electron chi connectivity index (χ3n) is 6.10. The van der Waals surface area contributed by atoms with E-state index in [0.717, 1.165) is 42.3 Å². The summed E-state index contributed by atoms with van der Waals surface area (Å²) >= 11 is 0. The third-order valence-corrected chi connectivity index (χ3v) is 6.10. The standard InChI is InChI=1S/C29H35NO2/c1-6-12-26(25-13-8-7-9-14-25)23(3)22(2)15-16-24-19-28(31-4)27(29(20-24)32-5)21-30-17-10-11-18-30/h6-9,12-16,19-20H,1,10-11,17-18,21H2,2-5H3/b16-15+,23-22+,26-12+. The smallest absolute Gasteiger partial charge is 0.127 e. The molecule has 0 unspecified atom stereocenters. The minimum Gasteiger partial charge on any atom is -0.496 e. The van der Waals surface area contributed by atoms with E-state index in [0.29, 0.717) is 0 Å². The molecule has 0 aromatic heterocycles. The molecule has 32 heavy (non-hydrogen) atoms. The molecular formula is C29H35NO2. The van der Waals surface area contributed by atoms with Gasteiger partial charge in [-0.05, 0) is 79.8 Å². The summed E-state index contributed by atoms with van der Waals surface area (Å²) in [5.74, 6) is 1.76. The number of ether oxygens (including phenoxy) is 2. The first-order chi connectivity index (χ1) is 15.6. The molecule has 1 heterocycles. The first-order valence-corrected chi connectivity index (χ1v) is 11.3. The second-order valence-corrected chi connectivity index (χ2v) is 8.21. The molecule has 0 atom stereocenters. The fourth-order valence-corrected chi connectivity index (χ4v) is 4.15. The summed E-state index contributed by atoms with van der Waals surface area (Å²) in [4.78, 5) is 2.46. The van der Waals surface area contributed by atoms with E-state index in [4.69, 9.17) is 9.47 Å². The van der Waals surface area contributed by atoms with Crippen molar-refractivity contribution in [2.24, 2.45) is 0 Å². The van der Waals surface area contributed by atoms with E-state index >= 15 is 0 Å². The van der Waals surface area contributed by atoms with Crippen molar-refractivity contribution in [2.45, 2.75) is 33.2 Å². The van der Waals surface area contributed by atoms with Crippen LogP contribution >= 0.6 is 0 Å². The summed E-state index contributed by atoms with van der Waals surface area (Å²) < 4.78 is 11.5. The zero-order chi connectivity index (χ0) is 22.9. The average molecular weight is 430 g/mol. The molecule has 0 N–H and O–H groups in total. The highest BCUT2D eigenvalue weighted by Crippen LogP contribution is 2.33. The molecule has 2 aromatic carbocycles. The molecule has 1 fully saturated rings. The van der Waals surface area contributed by atoms with Crippen LogP contribution < -0.4 is 9.47 Å². The van der Waals surface area contributed by atoms with Crippen LogP contribution in [0, 0.1) is 0 Å². The predicted molar refractivity (Wildman–Crippen MR) is 136 cm³/mol. The van der Waals surface area contributed by atoms with Crippen molar-refractivity contribution in [2.75, 3.05) is 27.3 Å². The molecule has 0 saturated carbocycles. The number of allylic oxidation sites excluding steroid dienone is 6. The molecule has 3 rings (SSSR count). The van der Waals surface area contributed by atoms with Crippen LogP contribution in [0.5, 0.6) is 11.5 Å². The molecular weight excluding hydrogens is 394 g/mol. The first kappa shape index (κ1) is 23.6. The van der Waals surface area contributed by atoms with Crippen LogP contribution in [-0.2, 0) is 6.54 Å². The molecule has 3 heteroatoms. The van der Waals surface area contributed by atoms with Gasteiger partial charge < -0.3 is 9.47 Å². The summed E-state index contributed by atoms with van der Waals surface area (Å²) in [5.41, 5.74) is 6.96. The molecule has 0 radical (unpaired) electrons. The number of nitrogens with zero attached hydrogens (tertiary/aromatic N) is 1. The molecule has 0 bridgehead atoms. The van der Waals surface area contributed by atoms with Crippen molar-refractivity contribution in [1.29, 1.82) is 0 Å². The SMILES string of the molecule is C=C\C=C(/C(C)=C(C)/C=C/c1cc(OC)c(CN2CCCC2)c(OC)c1)c1ccccc1. The van der Waals surface area contributed by atoms with Crippen molar-refractivity contribution in [3.8, 4) is 11.5 Å². The minimum atomic E-state index is 0.862.